The van der Waals surface area contributed by atoms with Gasteiger partial charge in [-0.05, 0) is 109 Å². The highest BCUT2D eigenvalue weighted by Crippen LogP contribution is 2.46. The minimum absolute atomic E-state index is 1.08. The highest BCUT2D eigenvalue weighted by Gasteiger charge is 2.22. The van der Waals surface area contributed by atoms with Crippen molar-refractivity contribution < 1.29 is 0 Å². The molecular formula is C60H40N2. The van der Waals surface area contributed by atoms with Crippen molar-refractivity contribution in [1.82, 2.24) is 4.57 Å². The molecule has 0 aliphatic heterocycles. The van der Waals surface area contributed by atoms with Gasteiger partial charge in [0.15, 0.2) is 0 Å². The lowest BCUT2D eigenvalue weighted by Gasteiger charge is -2.29. The molecule has 0 atom stereocenters. The van der Waals surface area contributed by atoms with Crippen molar-refractivity contribution in [2.24, 2.45) is 0 Å². The van der Waals surface area contributed by atoms with Crippen LogP contribution in [-0.2, 0) is 0 Å². The third kappa shape index (κ3) is 5.88. The van der Waals surface area contributed by atoms with Gasteiger partial charge in [-0.3, -0.25) is 0 Å². The van der Waals surface area contributed by atoms with E-state index in [0.717, 1.165) is 28.3 Å². The average molecular weight is 789 g/mol. The molecule has 2 nitrogen and oxygen atoms in total. The van der Waals surface area contributed by atoms with Gasteiger partial charge in [0.2, 0.25) is 0 Å². The molecule has 1 heterocycles. The molecular weight excluding hydrogens is 749 g/mol. The summed E-state index contributed by atoms with van der Waals surface area (Å²) in [5.41, 5.74) is 13.9. The summed E-state index contributed by atoms with van der Waals surface area (Å²) in [5.74, 6) is 0. The Kier molecular flexibility index (Phi) is 8.53. The highest BCUT2D eigenvalue weighted by molar-refractivity contribution is 6.14. The normalized spacial score (nSPS) is 11.5. The Morgan fingerprint density at radius 2 is 0.839 bits per heavy atom. The van der Waals surface area contributed by atoms with Crippen LogP contribution in [0.3, 0.4) is 0 Å². The lowest BCUT2D eigenvalue weighted by atomic mass is 9.92. The number of anilines is 3. The summed E-state index contributed by atoms with van der Waals surface area (Å²) in [6.45, 7) is 0. The Morgan fingerprint density at radius 1 is 0.274 bits per heavy atom. The zero-order valence-electron chi connectivity index (χ0n) is 34.0. The topological polar surface area (TPSA) is 8.17 Å². The molecule has 11 aromatic carbocycles. The van der Waals surface area contributed by atoms with E-state index in [9.17, 15) is 0 Å². The molecule has 0 radical (unpaired) electrons. The molecule has 0 N–H and O–H groups in total. The van der Waals surface area contributed by atoms with Crippen LogP contribution in [0.15, 0.2) is 243 Å². The van der Waals surface area contributed by atoms with Crippen LogP contribution in [0.2, 0.25) is 0 Å². The number of benzene rings is 11. The van der Waals surface area contributed by atoms with Gasteiger partial charge in [0, 0.05) is 33.1 Å². The van der Waals surface area contributed by atoms with Crippen molar-refractivity contribution in [2.75, 3.05) is 4.90 Å². The van der Waals surface area contributed by atoms with E-state index in [2.05, 4.69) is 252 Å². The number of hydrogen-bond acceptors (Lipinski definition) is 1. The van der Waals surface area contributed by atoms with Crippen molar-refractivity contribution in [1.29, 1.82) is 0 Å². The molecule has 0 aliphatic rings. The first-order valence-electron chi connectivity index (χ1n) is 21.3. The van der Waals surface area contributed by atoms with Crippen molar-refractivity contribution >= 4 is 71.2 Å². The number of nitrogens with zero attached hydrogens (tertiary/aromatic N) is 2. The molecule has 0 spiro atoms. The van der Waals surface area contributed by atoms with Crippen molar-refractivity contribution in [3.8, 4) is 39.1 Å². The Hall–Kier alpha value is -8.20. The molecule has 0 saturated heterocycles. The van der Waals surface area contributed by atoms with E-state index in [1.54, 1.807) is 0 Å². The Labute approximate surface area is 360 Å². The smallest absolute Gasteiger partial charge is 0.0541 e. The van der Waals surface area contributed by atoms with Crippen LogP contribution >= 0.6 is 0 Å². The van der Waals surface area contributed by atoms with Gasteiger partial charge in [-0.15, -0.1) is 0 Å². The number of aromatic nitrogens is 1. The summed E-state index contributed by atoms with van der Waals surface area (Å²) in [6, 6.07) is 88.6. The van der Waals surface area contributed by atoms with E-state index in [1.165, 1.54) is 81.9 Å². The maximum atomic E-state index is 2.45. The summed E-state index contributed by atoms with van der Waals surface area (Å²) >= 11 is 0. The monoisotopic (exact) mass is 788 g/mol. The Bertz CT molecular complexity index is 3590. The van der Waals surface area contributed by atoms with Crippen LogP contribution in [0.1, 0.15) is 0 Å². The molecule has 0 amide bonds. The standard InChI is InChI=1S/C60H40N2/c1-2-18-42(19-3-1)56-40-46(36-37-51(56)52-29-10-13-32-58(52)62-59-33-14-11-30-53(59)54-31-12-15-34-60(54)62)61(57-35-17-22-41-20-4-7-26-48(41)57)45-24-16-23-43(38-45)55-39-44-21-5-6-25-47(44)49-27-8-9-28-50(49)55/h1-40H. The summed E-state index contributed by atoms with van der Waals surface area (Å²) in [7, 11) is 0. The molecule has 0 saturated carbocycles. The Balaban J connectivity index is 1.10. The largest absolute Gasteiger partial charge is 0.310 e. The van der Waals surface area contributed by atoms with Gasteiger partial charge in [-0.2, -0.15) is 0 Å². The van der Waals surface area contributed by atoms with E-state index < -0.39 is 0 Å². The van der Waals surface area contributed by atoms with Crippen LogP contribution in [0.4, 0.5) is 17.1 Å². The predicted octanol–water partition coefficient (Wildman–Crippen LogP) is 16.7. The first kappa shape index (κ1) is 35.7. The molecule has 1 aromatic heterocycles. The fourth-order valence-electron chi connectivity index (χ4n) is 9.78. The van der Waals surface area contributed by atoms with Gasteiger partial charge in [0.1, 0.15) is 0 Å². The third-order valence-electron chi connectivity index (χ3n) is 12.6. The number of fused-ring (bicyclic) bond motifs is 7. The van der Waals surface area contributed by atoms with Crippen LogP contribution < -0.4 is 4.90 Å². The van der Waals surface area contributed by atoms with Gasteiger partial charge in [-0.1, -0.05) is 188 Å². The van der Waals surface area contributed by atoms with Crippen LogP contribution in [0, 0.1) is 0 Å². The van der Waals surface area contributed by atoms with E-state index in [4.69, 9.17) is 0 Å². The summed E-state index contributed by atoms with van der Waals surface area (Å²) in [6.07, 6.45) is 0. The molecule has 12 aromatic rings. The van der Waals surface area contributed by atoms with Crippen molar-refractivity contribution in [2.45, 2.75) is 0 Å². The number of para-hydroxylation sites is 3. The second kappa shape index (κ2) is 14.8. The van der Waals surface area contributed by atoms with Crippen LogP contribution in [0.5, 0.6) is 0 Å². The molecule has 290 valence electrons. The maximum Gasteiger partial charge on any atom is 0.0541 e. The SMILES string of the molecule is c1ccc(-c2cc(N(c3cccc(-c4cc5ccccc5c5ccccc45)c3)c3cccc4ccccc34)ccc2-c2ccccc2-n2c3ccccc3c3ccccc32)cc1. The van der Waals surface area contributed by atoms with Gasteiger partial charge in [0.05, 0.1) is 22.4 Å². The summed E-state index contributed by atoms with van der Waals surface area (Å²) in [4.78, 5) is 2.45. The molecule has 2 heteroatoms. The quantitative estimate of drug-likeness (QED) is 0.146. The molecule has 0 bridgehead atoms. The maximum absolute atomic E-state index is 2.45. The predicted molar refractivity (Wildman–Crippen MR) is 264 cm³/mol. The molecule has 0 fully saturated rings. The second-order valence-corrected chi connectivity index (χ2v) is 16.1. The first-order valence-corrected chi connectivity index (χ1v) is 21.3. The zero-order chi connectivity index (χ0) is 41.0. The molecule has 12 rings (SSSR count). The second-order valence-electron chi connectivity index (χ2n) is 16.1. The van der Waals surface area contributed by atoms with Crippen LogP contribution in [0.25, 0.3) is 93.2 Å². The lowest BCUT2D eigenvalue weighted by molar-refractivity contribution is 1.18. The van der Waals surface area contributed by atoms with Gasteiger partial charge in [0.25, 0.3) is 0 Å². The minimum Gasteiger partial charge on any atom is -0.310 e. The highest BCUT2D eigenvalue weighted by atomic mass is 15.1. The zero-order valence-corrected chi connectivity index (χ0v) is 34.0. The molecule has 62 heavy (non-hydrogen) atoms. The average Bonchev–Trinajstić information content (AvgIpc) is 3.68. The van der Waals surface area contributed by atoms with Gasteiger partial charge < -0.3 is 9.47 Å². The lowest BCUT2D eigenvalue weighted by Crippen LogP contribution is -2.11. The number of rotatable bonds is 7. The molecule has 0 aliphatic carbocycles. The first-order chi connectivity index (χ1) is 30.8. The van der Waals surface area contributed by atoms with E-state index in [1.807, 2.05) is 0 Å². The van der Waals surface area contributed by atoms with Gasteiger partial charge >= 0.3 is 0 Å². The minimum atomic E-state index is 1.08. The number of hydrogen-bond donors (Lipinski definition) is 0. The summed E-state index contributed by atoms with van der Waals surface area (Å²) < 4.78 is 2.44. The van der Waals surface area contributed by atoms with Crippen molar-refractivity contribution in [3.63, 3.8) is 0 Å². The third-order valence-corrected chi connectivity index (χ3v) is 12.6. The molecule has 0 unspecified atom stereocenters. The summed E-state index contributed by atoms with van der Waals surface area (Å²) in [5, 5.41) is 9.92. The van der Waals surface area contributed by atoms with E-state index in [-0.39, 0.29) is 0 Å². The van der Waals surface area contributed by atoms with Crippen LogP contribution in [-0.4, -0.2) is 4.57 Å². The Morgan fingerprint density at radius 3 is 1.63 bits per heavy atom. The van der Waals surface area contributed by atoms with Crippen molar-refractivity contribution in [3.05, 3.63) is 243 Å². The van der Waals surface area contributed by atoms with E-state index in [0.29, 0.717) is 0 Å². The van der Waals surface area contributed by atoms with E-state index >= 15 is 0 Å². The fourth-order valence-corrected chi connectivity index (χ4v) is 9.78. The van der Waals surface area contributed by atoms with Gasteiger partial charge in [-0.25, -0.2) is 0 Å². The fraction of sp³-hybridized carbons (Fsp3) is 0.